The number of aliphatic hydroxyl groups is 1. The zero-order valence-electron chi connectivity index (χ0n) is 16.2. The van der Waals surface area contributed by atoms with Crippen molar-refractivity contribution in [3.8, 4) is 0 Å². The second-order valence-corrected chi connectivity index (χ2v) is 9.40. The number of amides is 1. The molecule has 4 atom stereocenters. The highest BCUT2D eigenvalue weighted by Crippen LogP contribution is 2.31. The minimum atomic E-state index is -3.80. The largest absolute Gasteiger partial charge is 0.389 e. The standard InChI is InChI=1S/C19H28N2O6S/c1-20(2)19(23)10-15-8-9-17-18(27-15)13-26-12-14(22)11-21(17)28(24,25)16-6-4-3-5-7-16/h3-7,14-15,17-18,22H,8-13H2,1-2H3/t14-,15-,17-,18+/m1/s1. The van der Waals surface area contributed by atoms with Gasteiger partial charge in [-0.15, -0.1) is 0 Å². The fourth-order valence-electron chi connectivity index (χ4n) is 3.68. The van der Waals surface area contributed by atoms with E-state index >= 15 is 0 Å². The molecule has 0 saturated carbocycles. The first kappa shape index (κ1) is 21.2. The predicted octanol–water partition coefficient (Wildman–Crippen LogP) is 0.463. The number of ether oxygens (including phenoxy) is 2. The van der Waals surface area contributed by atoms with Crippen LogP contribution in [0.25, 0.3) is 0 Å². The molecule has 2 aliphatic heterocycles. The lowest BCUT2D eigenvalue weighted by molar-refractivity contribution is -0.150. The van der Waals surface area contributed by atoms with Gasteiger partial charge < -0.3 is 19.5 Å². The summed E-state index contributed by atoms with van der Waals surface area (Å²) in [6.45, 7) is 0.160. The van der Waals surface area contributed by atoms with Gasteiger partial charge in [0.15, 0.2) is 0 Å². The molecule has 9 heteroatoms. The summed E-state index contributed by atoms with van der Waals surface area (Å²) < 4.78 is 39.5. The first-order valence-electron chi connectivity index (χ1n) is 9.47. The van der Waals surface area contributed by atoms with Crippen LogP contribution in [0.15, 0.2) is 35.2 Å². The summed E-state index contributed by atoms with van der Waals surface area (Å²) in [6.07, 6.45) is -0.308. The fourth-order valence-corrected chi connectivity index (χ4v) is 5.41. The highest BCUT2D eigenvalue weighted by atomic mass is 32.2. The van der Waals surface area contributed by atoms with Crippen molar-refractivity contribution in [3.63, 3.8) is 0 Å². The van der Waals surface area contributed by atoms with Crippen molar-refractivity contribution in [3.05, 3.63) is 30.3 Å². The van der Waals surface area contributed by atoms with Gasteiger partial charge in [-0.3, -0.25) is 4.79 Å². The number of carbonyl (C=O) groups excluding carboxylic acids is 1. The third kappa shape index (κ3) is 4.72. The van der Waals surface area contributed by atoms with Crippen LogP contribution in [0, 0.1) is 0 Å². The third-order valence-corrected chi connectivity index (χ3v) is 7.09. The van der Waals surface area contributed by atoms with Crippen LogP contribution in [-0.2, 0) is 24.3 Å². The van der Waals surface area contributed by atoms with E-state index in [1.165, 1.54) is 9.21 Å². The SMILES string of the molecule is CN(C)C(=O)C[C@H]1CC[C@@H]2[C@H](COC[C@H](O)CN2S(=O)(=O)c2ccccc2)O1. The van der Waals surface area contributed by atoms with E-state index < -0.39 is 28.3 Å². The Morgan fingerprint density at radius 3 is 2.61 bits per heavy atom. The quantitative estimate of drug-likeness (QED) is 0.772. The molecule has 2 heterocycles. The number of rotatable bonds is 4. The van der Waals surface area contributed by atoms with Crippen LogP contribution >= 0.6 is 0 Å². The minimum Gasteiger partial charge on any atom is -0.389 e. The minimum absolute atomic E-state index is 0.0283. The number of fused-ring (bicyclic) bond motifs is 1. The first-order chi connectivity index (χ1) is 13.3. The molecule has 0 unspecified atom stereocenters. The summed E-state index contributed by atoms with van der Waals surface area (Å²) in [5.41, 5.74) is 0. The second-order valence-electron chi connectivity index (χ2n) is 7.51. The van der Waals surface area contributed by atoms with E-state index in [4.69, 9.17) is 9.47 Å². The maximum Gasteiger partial charge on any atom is 0.243 e. The van der Waals surface area contributed by atoms with E-state index in [9.17, 15) is 18.3 Å². The van der Waals surface area contributed by atoms with E-state index in [-0.39, 0.29) is 43.1 Å². The molecule has 28 heavy (non-hydrogen) atoms. The number of carbonyl (C=O) groups is 1. The zero-order chi connectivity index (χ0) is 20.3. The lowest BCUT2D eigenvalue weighted by atomic mass is 9.96. The maximum atomic E-state index is 13.3. The van der Waals surface area contributed by atoms with Crippen LogP contribution in [0.5, 0.6) is 0 Å². The summed E-state index contributed by atoms with van der Waals surface area (Å²) >= 11 is 0. The van der Waals surface area contributed by atoms with E-state index in [0.717, 1.165) is 0 Å². The molecule has 0 aromatic heterocycles. The molecule has 0 aliphatic carbocycles. The average Bonchev–Trinajstić information content (AvgIpc) is 2.65. The smallest absolute Gasteiger partial charge is 0.243 e. The van der Waals surface area contributed by atoms with Crippen molar-refractivity contribution in [2.45, 2.75) is 48.5 Å². The van der Waals surface area contributed by atoms with Crippen LogP contribution in [0.4, 0.5) is 0 Å². The van der Waals surface area contributed by atoms with E-state index in [1.807, 2.05) is 0 Å². The number of aliphatic hydroxyl groups excluding tert-OH is 1. The Kier molecular flexibility index (Phi) is 6.72. The van der Waals surface area contributed by atoms with E-state index in [0.29, 0.717) is 12.8 Å². The van der Waals surface area contributed by atoms with Gasteiger partial charge in [-0.2, -0.15) is 4.31 Å². The fraction of sp³-hybridized carbons (Fsp3) is 0.632. The highest BCUT2D eigenvalue weighted by Gasteiger charge is 2.43. The zero-order valence-corrected chi connectivity index (χ0v) is 17.0. The Bertz CT molecular complexity index is 770. The van der Waals surface area contributed by atoms with Crippen LogP contribution in [0.2, 0.25) is 0 Å². The summed E-state index contributed by atoms with van der Waals surface area (Å²) in [5, 5.41) is 10.2. The molecule has 2 aliphatic rings. The summed E-state index contributed by atoms with van der Waals surface area (Å²) in [5.74, 6) is -0.0283. The van der Waals surface area contributed by atoms with Crippen molar-refractivity contribution in [2.75, 3.05) is 33.9 Å². The monoisotopic (exact) mass is 412 g/mol. The number of benzene rings is 1. The van der Waals surface area contributed by atoms with Gasteiger partial charge in [0.2, 0.25) is 15.9 Å². The Morgan fingerprint density at radius 2 is 1.93 bits per heavy atom. The maximum absolute atomic E-state index is 13.3. The molecule has 0 spiro atoms. The number of hydrogen-bond donors (Lipinski definition) is 1. The predicted molar refractivity (Wildman–Crippen MR) is 102 cm³/mol. The van der Waals surface area contributed by atoms with E-state index in [2.05, 4.69) is 0 Å². The number of sulfonamides is 1. The molecule has 0 bridgehead atoms. The lowest BCUT2D eigenvalue weighted by Crippen LogP contribution is -2.57. The molecular formula is C19H28N2O6S. The normalized spacial score (nSPS) is 29.4. The molecule has 0 radical (unpaired) electrons. The van der Waals surface area contributed by atoms with Crippen molar-refractivity contribution < 1.29 is 27.8 Å². The Balaban J connectivity index is 1.83. The van der Waals surface area contributed by atoms with E-state index in [1.54, 1.807) is 44.4 Å². The molecule has 8 nitrogen and oxygen atoms in total. The van der Waals surface area contributed by atoms with Crippen LogP contribution in [0.1, 0.15) is 19.3 Å². The van der Waals surface area contributed by atoms with Gasteiger partial charge in [-0.05, 0) is 25.0 Å². The molecule has 2 fully saturated rings. The lowest BCUT2D eigenvalue weighted by Gasteiger charge is -2.43. The molecule has 1 aromatic rings. The summed E-state index contributed by atoms with van der Waals surface area (Å²) in [6, 6.07) is 7.75. The number of nitrogens with zero attached hydrogens (tertiary/aromatic N) is 2. The summed E-state index contributed by atoms with van der Waals surface area (Å²) in [7, 11) is -0.403. The third-order valence-electron chi connectivity index (χ3n) is 5.18. The van der Waals surface area contributed by atoms with Gasteiger partial charge in [0.1, 0.15) is 0 Å². The highest BCUT2D eigenvalue weighted by molar-refractivity contribution is 7.89. The topological polar surface area (TPSA) is 96.4 Å². The Hall–Kier alpha value is -1.52. The second kappa shape index (κ2) is 8.87. The average molecular weight is 413 g/mol. The first-order valence-corrected chi connectivity index (χ1v) is 10.9. The van der Waals surface area contributed by atoms with Gasteiger partial charge in [0, 0.05) is 20.6 Å². The molecule has 1 amide bonds. The molecule has 3 rings (SSSR count). The Labute approximate surface area is 166 Å². The van der Waals surface area contributed by atoms with Crippen LogP contribution in [-0.4, -0.2) is 86.8 Å². The number of β-amino-alcohol motifs (C(OH)–C–C–N with tert-alkyl or cyclic N) is 1. The van der Waals surface area contributed by atoms with Crippen LogP contribution in [0.3, 0.4) is 0 Å². The van der Waals surface area contributed by atoms with Crippen molar-refractivity contribution >= 4 is 15.9 Å². The van der Waals surface area contributed by atoms with Gasteiger partial charge >= 0.3 is 0 Å². The molecule has 1 aromatic carbocycles. The Morgan fingerprint density at radius 1 is 1.21 bits per heavy atom. The molecule has 156 valence electrons. The van der Waals surface area contributed by atoms with Gasteiger partial charge in [-0.1, -0.05) is 18.2 Å². The molecular weight excluding hydrogens is 384 g/mol. The van der Waals surface area contributed by atoms with Crippen molar-refractivity contribution in [1.82, 2.24) is 9.21 Å². The van der Waals surface area contributed by atoms with Gasteiger partial charge in [-0.25, -0.2) is 8.42 Å². The van der Waals surface area contributed by atoms with Crippen molar-refractivity contribution in [1.29, 1.82) is 0 Å². The summed E-state index contributed by atoms with van der Waals surface area (Å²) in [4.78, 5) is 13.7. The van der Waals surface area contributed by atoms with Crippen LogP contribution < -0.4 is 0 Å². The van der Waals surface area contributed by atoms with Gasteiger partial charge in [0.25, 0.3) is 0 Å². The van der Waals surface area contributed by atoms with Gasteiger partial charge in [0.05, 0.1) is 48.9 Å². The number of hydrogen-bond acceptors (Lipinski definition) is 6. The molecule has 1 N–H and O–H groups in total. The molecule has 2 saturated heterocycles. The van der Waals surface area contributed by atoms with Crippen molar-refractivity contribution in [2.24, 2.45) is 0 Å².